The molecule has 0 amide bonds. The molecule has 3 aromatic carbocycles. The molecule has 1 fully saturated rings. The van der Waals surface area contributed by atoms with E-state index in [1.165, 1.54) is 0 Å². The van der Waals surface area contributed by atoms with E-state index in [-0.39, 0.29) is 0 Å². The second-order valence-corrected chi connectivity index (χ2v) is 11.2. The molecule has 0 aliphatic carbocycles. The molecule has 6 rings (SSSR count). The molecule has 0 aromatic heterocycles. The van der Waals surface area contributed by atoms with E-state index in [2.05, 4.69) is 0 Å². The first-order valence-corrected chi connectivity index (χ1v) is 11.1. The molecule has 136 valence electrons. The predicted octanol–water partition coefficient (Wildman–Crippen LogP) is 5.19. The maximum absolute atomic E-state index is 6.85. The zero-order valence-corrected chi connectivity index (χ0v) is 16.0. The van der Waals surface area contributed by atoms with Gasteiger partial charge in [0.15, 0.2) is 0 Å². The summed E-state index contributed by atoms with van der Waals surface area (Å²) in [6, 6.07) is 25.8. The summed E-state index contributed by atoms with van der Waals surface area (Å²) < 4.78 is 27.2. The van der Waals surface area contributed by atoms with Crippen LogP contribution in [-0.4, -0.2) is 0 Å². The molecule has 3 heterocycles. The van der Waals surface area contributed by atoms with Crippen molar-refractivity contribution in [1.82, 2.24) is 0 Å². The number of ether oxygens (including phenoxy) is 1. The molecule has 27 heavy (non-hydrogen) atoms. The fraction of sp³-hybridized carbons (Fsp3) is 0.182. The quantitative estimate of drug-likeness (QED) is 0.546. The number of hydrogen-bond donors (Lipinski definition) is 0. The van der Waals surface area contributed by atoms with Gasteiger partial charge in [-0.05, 0) is 0 Å². The minimum absolute atomic E-state index is 0.753. The Hall–Kier alpha value is -2.39. The van der Waals surface area contributed by atoms with Gasteiger partial charge in [0.2, 0.25) is 0 Å². The van der Waals surface area contributed by atoms with E-state index in [4.69, 9.17) is 18.3 Å². The summed E-state index contributed by atoms with van der Waals surface area (Å²) in [4.78, 5) is 0. The Bertz CT molecular complexity index is 1100. The van der Waals surface area contributed by atoms with Gasteiger partial charge in [-0.25, -0.2) is 0 Å². The SMILES string of the molecule is C[C@@]12O[C@@]3(C)c4ccccc4OP3(c3ccccc3)(Oc3ccccc31)O2. The zero-order chi connectivity index (χ0) is 18.4. The van der Waals surface area contributed by atoms with Crippen LogP contribution >= 0.6 is 7.28 Å². The van der Waals surface area contributed by atoms with Gasteiger partial charge < -0.3 is 0 Å². The summed E-state index contributed by atoms with van der Waals surface area (Å²) in [6.07, 6.45) is 0. The molecule has 3 aromatic rings. The Kier molecular flexibility index (Phi) is 2.63. The van der Waals surface area contributed by atoms with Crippen LogP contribution < -0.4 is 14.4 Å². The van der Waals surface area contributed by atoms with Crippen molar-refractivity contribution in [2.45, 2.75) is 25.0 Å². The minimum atomic E-state index is -3.96. The zero-order valence-electron chi connectivity index (χ0n) is 15.1. The third-order valence-electron chi connectivity index (χ3n) is 5.96. The second-order valence-electron chi connectivity index (χ2n) is 7.52. The van der Waals surface area contributed by atoms with Crippen molar-refractivity contribution in [3.05, 3.63) is 90.0 Å². The summed E-state index contributed by atoms with van der Waals surface area (Å²) >= 11 is 0. The van der Waals surface area contributed by atoms with Gasteiger partial charge in [0, 0.05) is 0 Å². The molecule has 1 spiro atoms. The molecule has 3 aliphatic heterocycles. The first-order chi connectivity index (χ1) is 13.0. The van der Waals surface area contributed by atoms with Crippen molar-refractivity contribution in [3.8, 4) is 11.5 Å². The van der Waals surface area contributed by atoms with Crippen LogP contribution in [0.5, 0.6) is 11.5 Å². The van der Waals surface area contributed by atoms with Gasteiger partial charge in [-0.1, -0.05) is 0 Å². The van der Waals surface area contributed by atoms with E-state index in [9.17, 15) is 0 Å². The normalized spacial score (nSPS) is 32.0. The van der Waals surface area contributed by atoms with Gasteiger partial charge >= 0.3 is 157 Å². The molecule has 1 saturated heterocycles. The van der Waals surface area contributed by atoms with Crippen molar-refractivity contribution in [3.63, 3.8) is 0 Å². The maximum atomic E-state index is 6.85. The Labute approximate surface area is 157 Å². The number of para-hydroxylation sites is 2. The van der Waals surface area contributed by atoms with E-state index < -0.39 is 18.4 Å². The van der Waals surface area contributed by atoms with Crippen LogP contribution in [0, 0.1) is 0 Å². The first-order valence-electron chi connectivity index (χ1n) is 9.08. The molecule has 2 atom stereocenters. The Morgan fingerprint density at radius 3 is 1.93 bits per heavy atom. The Morgan fingerprint density at radius 2 is 1.22 bits per heavy atom. The van der Waals surface area contributed by atoms with Gasteiger partial charge in [-0.3, -0.25) is 0 Å². The number of fused-ring (bicyclic) bond motifs is 5. The van der Waals surface area contributed by atoms with Crippen molar-refractivity contribution < 1.29 is 18.3 Å². The van der Waals surface area contributed by atoms with Gasteiger partial charge in [-0.2, -0.15) is 0 Å². The predicted molar refractivity (Wildman–Crippen MR) is 104 cm³/mol. The molecule has 0 N–H and O–H groups in total. The van der Waals surface area contributed by atoms with Crippen LogP contribution in [0.15, 0.2) is 78.9 Å². The molecule has 3 aliphatic rings. The third kappa shape index (κ3) is 1.54. The fourth-order valence-corrected chi connectivity index (χ4v) is 9.64. The van der Waals surface area contributed by atoms with E-state index in [1.54, 1.807) is 0 Å². The number of rotatable bonds is 1. The van der Waals surface area contributed by atoms with E-state index >= 15 is 0 Å². The number of hydrogen-bond acceptors (Lipinski definition) is 4. The summed E-state index contributed by atoms with van der Waals surface area (Å²) in [5, 5.41) is 0.0116. The molecule has 4 nitrogen and oxygen atoms in total. The van der Waals surface area contributed by atoms with Crippen LogP contribution in [0.3, 0.4) is 0 Å². The first kappa shape index (κ1) is 15.6. The van der Waals surface area contributed by atoms with Crippen molar-refractivity contribution in [1.29, 1.82) is 0 Å². The molecule has 0 unspecified atom stereocenters. The van der Waals surface area contributed by atoms with Gasteiger partial charge in [0.05, 0.1) is 0 Å². The van der Waals surface area contributed by atoms with Gasteiger partial charge in [-0.15, -0.1) is 0 Å². The standard InChI is InChI=1S/C22H19O4P/c1-21-17-12-6-8-14-19(17)23-27(26-21,16-10-4-3-5-11-16)22(2,25-21)18-13-7-9-15-20(18)24-27/h3-15H,1-2H3/t21-,22+/m0/s1. The summed E-state index contributed by atoms with van der Waals surface area (Å²) in [6.45, 7) is 4.00. The molecule has 2 bridgehead atoms. The monoisotopic (exact) mass is 378 g/mol. The van der Waals surface area contributed by atoms with E-state index in [1.807, 2.05) is 92.7 Å². The van der Waals surface area contributed by atoms with Gasteiger partial charge in [0.1, 0.15) is 0 Å². The Morgan fingerprint density at radius 1 is 0.667 bits per heavy atom. The average Bonchev–Trinajstić information content (AvgIpc) is 2.98. The molecule has 0 radical (unpaired) electrons. The van der Waals surface area contributed by atoms with Gasteiger partial charge in [0.25, 0.3) is 0 Å². The molecule has 5 heteroatoms. The van der Waals surface area contributed by atoms with Crippen LogP contribution in [0.2, 0.25) is 0 Å². The van der Waals surface area contributed by atoms with Crippen LogP contribution in [0.1, 0.15) is 25.0 Å². The molecular formula is C22H19O4P. The number of benzene rings is 3. The van der Waals surface area contributed by atoms with Crippen molar-refractivity contribution in [2.24, 2.45) is 0 Å². The fourth-order valence-electron chi connectivity index (χ4n) is 4.77. The molecular weight excluding hydrogens is 359 g/mol. The third-order valence-corrected chi connectivity index (χ3v) is 10.7. The topological polar surface area (TPSA) is 36.9 Å². The summed E-state index contributed by atoms with van der Waals surface area (Å²) in [7, 11) is -3.96. The average molecular weight is 378 g/mol. The van der Waals surface area contributed by atoms with E-state index in [0.29, 0.717) is 0 Å². The van der Waals surface area contributed by atoms with Crippen molar-refractivity contribution in [2.75, 3.05) is 0 Å². The van der Waals surface area contributed by atoms with Crippen LogP contribution in [0.4, 0.5) is 0 Å². The summed E-state index contributed by atoms with van der Waals surface area (Å²) in [5.74, 6) is 0.553. The molecule has 0 saturated carbocycles. The van der Waals surface area contributed by atoms with Crippen LogP contribution in [-0.2, 0) is 20.4 Å². The second kappa shape index (κ2) is 4.53. The summed E-state index contributed by atoms with van der Waals surface area (Å²) in [5.41, 5.74) is 1.84. The van der Waals surface area contributed by atoms with Crippen molar-refractivity contribution >= 4 is 12.6 Å². The van der Waals surface area contributed by atoms with Crippen LogP contribution in [0.25, 0.3) is 0 Å². The van der Waals surface area contributed by atoms with E-state index in [0.717, 1.165) is 27.9 Å². The Balaban J connectivity index is 1.76.